The van der Waals surface area contributed by atoms with Crippen LogP contribution in [0.15, 0.2) is 97.2 Å². The maximum atomic E-state index is 12.7. The summed E-state index contributed by atoms with van der Waals surface area (Å²) in [6, 6.07) is 0. The van der Waals surface area contributed by atoms with Crippen LogP contribution in [0.3, 0.4) is 0 Å². The third-order valence-electron chi connectivity index (χ3n) is 8.96. The maximum Gasteiger partial charge on any atom is 0.306 e. The number of carbonyl (C=O) groups is 3. The number of ether oxygens (including phenoxy) is 3. The zero-order valence-electron chi connectivity index (χ0n) is 35.9. The van der Waals surface area contributed by atoms with Gasteiger partial charge in [-0.05, 0) is 64.2 Å². The Morgan fingerprint density at radius 1 is 0.393 bits per heavy atom. The Bertz CT molecular complexity index is 1170. The minimum absolute atomic E-state index is 0.111. The highest BCUT2D eigenvalue weighted by atomic mass is 16.6. The van der Waals surface area contributed by atoms with Crippen molar-refractivity contribution in [2.75, 3.05) is 13.2 Å². The van der Waals surface area contributed by atoms with Gasteiger partial charge < -0.3 is 14.2 Å². The summed E-state index contributed by atoms with van der Waals surface area (Å²) in [5, 5.41) is 0. The lowest BCUT2D eigenvalue weighted by atomic mass is 10.1. The van der Waals surface area contributed by atoms with E-state index in [0.29, 0.717) is 19.3 Å². The maximum absolute atomic E-state index is 12.7. The Labute approximate surface area is 343 Å². The van der Waals surface area contributed by atoms with Gasteiger partial charge in [-0.15, -0.1) is 0 Å². The van der Waals surface area contributed by atoms with E-state index in [1.165, 1.54) is 51.4 Å². The van der Waals surface area contributed by atoms with Crippen LogP contribution in [0.1, 0.15) is 181 Å². The van der Waals surface area contributed by atoms with Gasteiger partial charge in [0.2, 0.25) is 0 Å². The molecule has 0 amide bonds. The van der Waals surface area contributed by atoms with E-state index in [1.54, 1.807) is 0 Å². The first-order valence-corrected chi connectivity index (χ1v) is 22.3. The topological polar surface area (TPSA) is 78.9 Å². The van der Waals surface area contributed by atoms with Crippen molar-refractivity contribution in [1.82, 2.24) is 0 Å². The van der Waals surface area contributed by atoms with E-state index in [9.17, 15) is 14.4 Å². The van der Waals surface area contributed by atoms with E-state index < -0.39 is 6.10 Å². The molecule has 0 N–H and O–H groups in total. The van der Waals surface area contributed by atoms with Crippen molar-refractivity contribution >= 4 is 17.9 Å². The molecule has 0 spiro atoms. The van der Waals surface area contributed by atoms with Crippen molar-refractivity contribution in [3.63, 3.8) is 0 Å². The van der Waals surface area contributed by atoms with Crippen LogP contribution in [-0.4, -0.2) is 37.2 Å². The first kappa shape index (κ1) is 52.3. The summed E-state index contributed by atoms with van der Waals surface area (Å²) in [5.41, 5.74) is 0. The molecule has 0 aromatic heterocycles. The third kappa shape index (κ3) is 41.5. The summed E-state index contributed by atoms with van der Waals surface area (Å²) in [4.78, 5) is 37.6. The molecule has 56 heavy (non-hydrogen) atoms. The predicted molar refractivity (Wildman–Crippen MR) is 237 cm³/mol. The summed E-state index contributed by atoms with van der Waals surface area (Å²) in [7, 11) is 0. The van der Waals surface area contributed by atoms with E-state index >= 15 is 0 Å². The van der Waals surface area contributed by atoms with Crippen molar-refractivity contribution in [1.29, 1.82) is 0 Å². The third-order valence-corrected chi connectivity index (χ3v) is 8.96. The number of unbranched alkanes of at least 4 members (excludes halogenated alkanes) is 15. The summed E-state index contributed by atoms with van der Waals surface area (Å²) >= 11 is 0. The molecule has 0 aliphatic carbocycles. The average molecular weight is 777 g/mol. The molecular formula is C50H80O6. The van der Waals surface area contributed by atoms with Crippen LogP contribution in [0.4, 0.5) is 0 Å². The zero-order valence-corrected chi connectivity index (χ0v) is 35.9. The second-order valence-corrected chi connectivity index (χ2v) is 14.3. The fourth-order valence-electron chi connectivity index (χ4n) is 5.66. The standard InChI is InChI=1S/C50H80O6/c1-4-7-10-13-16-19-21-23-24-25-27-28-31-34-37-40-43-49(52)55-46-47(45-54-48(51)42-39-36-33-30-18-15-12-9-6-3)56-50(53)44-41-38-35-32-29-26-22-20-17-14-11-8-5-2/h7-8,10-11,14,16-17,19-20,22-24,26,29,32,35,47H,4-6,9,12-13,15,18,21,25,27-28,30-31,33-34,36-46H2,1-3H3/b10-7-,11-8-,17-14-,19-16-,22-20-,24-23-,29-26-,35-32-. The van der Waals surface area contributed by atoms with Crippen molar-refractivity contribution in [2.45, 2.75) is 187 Å². The SMILES string of the molecule is CC\C=C/C=C\C=C/C=C\C=C/CCCC(=O)OC(COC(=O)CCCCCCCC/C=C\C/C=C\C/C=C\CC)COC(=O)CCCCCCCCCCC. The van der Waals surface area contributed by atoms with Gasteiger partial charge in [0.15, 0.2) is 6.10 Å². The molecule has 316 valence electrons. The number of rotatable bonds is 38. The Balaban J connectivity index is 4.50. The number of allylic oxidation sites excluding steroid dienone is 16. The molecule has 1 unspecified atom stereocenters. The number of esters is 3. The predicted octanol–water partition coefficient (Wildman–Crippen LogP) is 14.2. The summed E-state index contributed by atoms with van der Waals surface area (Å²) in [6.45, 7) is 6.26. The number of hydrogen-bond acceptors (Lipinski definition) is 6. The highest BCUT2D eigenvalue weighted by Crippen LogP contribution is 2.13. The normalized spacial score (nSPS) is 13.0. The van der Waals surface area contributed by atoms with Gasteiger partial charge >= 0.3 is 17.9 Å². The largest absolute Gasteiger partial charge is 0.462 e. The Morgan fingerprint density at radius 3 is 1.34 bits per heavy atom. The minimum atomic E-state index is -0.816. The smallest absolute Gasteiger partial charge is 0.306 e. The van der Waals surface area contributed by atoms with Crippen molar-refractivity contribution in [3.05, 3.63) is 97.2 Å². The van der Waals surface area contributed by atoms with E-state index in [4.69, 9.17) is 14.2 Å². The number of hydrogen-bond donors (Lipinski definition) is 0. The van der Waals surface area contributed by atoms with Gasteiger partial charge in [0.1, 0.15) is 13.2 Å². The van der Waals surface area contributed by atoms with E-state index in [0.717, 1.165) is 83.5 Å². The molecule has 0 radical (unpaired) electrons. The molecule has 0 aromatic rings. The molecule has 0 saturated carbocycles. The molecule has 0 rings (SSSR count). The van der Waals surface area contributed by atoms with Gasteiger partial charge in [-0.25, -0.2) is 0 Å². The Kier molecular flexibility index (Phi) is 41.2. The summed E-state index contributed by atoms with van der Waals surface area (Å²) < 4.78 is 16.6. The molecule has 1 atom stereocenters. The molecule has 0 saturated heterocycles. The van der Waals surface area contributed by atoms with E-state index in [1.807, 2.05) is 54.7 Å². The Morgan fingerprint density at radius 2 is 0.804 bits per heavy atom. The van der Waals surface area contributed by atoms with Crippen LogP contribution >= 0.6 is 0 Å². The second kappa shape index (κ2) is 44.0. The molecule has 0 fully saturated rings. The number of carbonyl (C=O) groups excluding carboxylic acids is 3. The van der Waals surface area contributed by atoms with Crippen LogP contribution < -0.4 is 0 Å². The molecule has 0 aromatic carbocycles. The molecule has 0 aliphatic rings. The fraction of sp³-hybridized carbons (Fsp3) is 0.620. The van der Waals surface area contributed by atoms with E-state index in [2.05, 4.69) is 63.3 Å². The molecule has 0 bridgehead atoms. The van der Waals surface area contributed by atoms with Crippen LogP contribution in [0.25, 0.3) is 0 Å². The van der Waals surface area contributed by atoms with Crippen LogP contribution in [0.5, 0.6) is 0 Å². The van der Waals surface area contributed by atoms with Crippen LogP contribution in [0, 0.1) is 0 Å². The van der Waals surface area contributed by atoms with Crippen molar-refractivity contribution in [3.8, 4) is 0 Å². The highest BCUT2D eigenvalue weighted by molar-refractivity contribution is 5.71. The summed E-state index contributed by atoms with van der Waals surface area (Å²) in [5.74, 6) is -1.01. The molecule has 0 aliphatic heterocycles. The zero-order chi connectivity index (χ0) is 40.8. The van der Waals surface area contributed by atoms with Gasteiger partial charge in [-0.3, -0.25) is 14.4 Å². The molecule has 6 nitrogen and oxygen atoms in total. The van der Waals surface area contributed by atoms with Gasteiger partial charge in [-0.2, -0.15) is 0 Å². The molecule has 6 heteroatoms. The Hall–Kier alpha value is -3.67. The molecule has 0 heterocycles. The lowest BCUT2D eigenvalue weighted by molar-refractivity contribution is -0.167. The van der Waals surface area contributed by atoms with Gasteiger partial charge in [0, 0.05) is 19.3 Å². The monoisotopic (exact) mass is 777 g/mol. The first-order chi connectivity index (χ1) is 27.5. The quantitative estimate of drug-likeness (QED) is 0.0204. The average Bonchev–Trinajstić information content (AvgIpc) is 3.19. The lowest BCUT2D eigenvalue weighted by Gasteiger charge is -2.18. The fourth-order valence-corrected chi connectivity index (χ4v) is 5.66. The highest BCUT2D eigenvalue weighted by Gasteiger charge is 2.19. The summed E-state index contributed by atoms with van der Waals surface area (Å²) in [6.07, 6.45) is 56.8. The molecular weight excluding hydrogens is 697 g/mol. The lowest BCUT2D eigenvalue weighted by Crippen LogP contribution is -2.30. The van der Waals surface area contributed by atoms with Gasteiger partial charge in [0.05, 0.1) is 0 Å². The van der Waals surface area contributed by atoms with Gasteiger partial charge in [0.25, 0.3) is 0 Å². The van der Waals surface area contributed by atoms with Crippen LogP contribution in [-0.2, 0) is 28.6 Å². The van der Waals surface area contributed by atoms with E-state index in [-0.39, 0.29) is 37.5 Å². The van der Waals surface area contributed by atoms with Crippen LogP contribution in [0.2, 0.25) is 0 Å². The first-order valence-electron chi connectivity index (χ1n) is 22.3. The minimum Gasteiger partial charge on any atom is -0.462 e. The second-order valence-electron chi connectivity index (χ2n) is 14.3. The van der Waals surface area contributed by atoms with Gasteiger partial charge in [-0.1, -0.05) is 195 Å². The van der Waals surface area contributed by atoms with Crippen molar-refractivity contribution in [2.24, 2.45) is 0 Å². The van der Waals surface area contributed by atoms with Crippen molar-refractivity contribution < 1.29 is 28.6 Å².